The predicted octanol–water partition coefficient (Wildman–Crippen LogP) is 4.43. The van der Waals surface area contributed by atoms with Crippen LogP contribution in [0.3, 0.4) is 0 Å². The van der Waals surface area contributed by atoms with Gasteiger partial charge in [0.05, 0.1) is 16.0 Å². The van der Waals surface area contributed by atoms with Gasteiger partial charge in [-0.3, -0.25) is 20.2 Å². The molecule has 0 saturated heterocycles. The van der Waals surface area contributed by atoms with Crippen LogP contribution in [0.1, 0.15) is 36.7 Å². The Morgan fingerprint density at radius 3 is 2.20 bits per heavy atom. The molecule has 0 saturated carbocycles. The van der Waals surface area contributed by atoms with E-state index < -0.39 is 20.7 Å². The topological polar surface area (TPSA) is 119 Å². The minimum Gasteiger partial charge on any atom is -0.298 e. The van der Waals surface area contributed by atoms with Crippen LogP contribution >= 0.6 is 11.3 Å². The molecule has 0 bridgehead atoms. The summed E-state index contributed by atoms with van der Waals surface area (Å²) in [7, 11) is -3.90. The van der Waals surface area contributed by atoms with Crippen LogP contribution in [-0.4, -0.2) is 24.2 Å². The Bertz CT molecular complexity index is 1190. The van der Waals surface area contributed by atoms with Crippen molar-refractivity contribution in [1.82, 2.24) is 4.98 Å². The van der Waals surface area contributed by atoms with Crippen LogP contribution in [-0.2, 0) is 15.3 Å². The summed E-state index contributed by atoms with van der Waals surface area (Å²) in [6.45, 7) is 6.22. The van der Waals surface area contributed by atoms with E-state index in [0.29, 0.717) is 5.56 Å². The van der Waals surface area contributed by atoms with Gasteiger partial charge in [0.25, 0.3) is 11.6 Å². The fourth-order valence-corrected chi connectivity index (χ4v) is 5.02. The van der Waals surface area contributed by atoms with Gasteiger partial charge < -0.3 is 0 Å². The standard InChI is InChI=1S/C20H19N3O5S2/c1-20(2,3)14-6-4-13(5-7-14)18(24)22-19-21-12-17(29-19)30(27,28)16-10-8-15(9-11-16)23(25)26/h4-12H,1-3H3,(H,21,22,24). The highest BCUT2D eigenvalue weighted by Crippen LogP contribution is 2.30. The Hall–Kier alpha value is -3.11. The number of aromatic nitrogens is 1. The third kappa shape index (κ3) is 4.55. The molecule has 0 unspecified atom stereocenters. The molecule has 0 fully saturated rings. The quantitative estimate of drug-likeness (QED) is 0.458. The average molecular weight is 446 g/mol. The van der Waals surface area contributed by atoms with Gasteiger partial charge in [0.15, 0.2) is 5.13 Å². The molecule has 0 aliphatic rings. The number of hydrogen-bond acceptors (Lipinski definition) is 7. The average Bonchev–Trinajstić information content (AvgIpc) is 3.17. The molecule has 3 aromatic rings. The van der Waals surface area contributed by atoms with Gasteiger partial charge >= 0.3 is 0 Å². The maximum absolute atomic E-state index is 12.7. The van der Waals surface area contributed by atoms with Gasteiger partial charge in [0, 0.05) is 17.7 Å². The van der Waals surface area contributed by atoms with Gasteiger partial charge in [0.1, 0.15) is 4.21 Å². The van der Waals surface area contributed by atoms with E-state index in [0.717, 1.165) is 35.2 Å². The van der Waals surface area contributed by atoms with Crippen molar-refractivity contribution >= 4 is 37.9 Å². The van der Waals surface area contributed by atoms with Crippen LogP contribution in [0, 0.1) is 10.1 Å². The summed E-state index contributed by atoms with van der Waals surface area (Å²) in [6.07, 6.45) is 1.15. The zero-order valence-corrected chi connectivity index (χ0v) is 18.1. The lowest BCUT2D eigenvalue weighted by Crippen LogP contribution is -2.14. The highest BCUT2D eigenvalue weighted by Gasteiger charge is 2.23. The number of sulfone groups is 1. The second-order valence-electron chi connectivity index (χ2n) is 7.52. The van der Waals surface area contributed by atoms with Crippen molar-refractivity contribution in [3.63, 3.8) is 0 Å². The maximum atomic E-state index is 12.7. The molecule has 0 aliphatic carbocycles. The zero-order valence-electron chi connectivity index (χ0n) is 16.4. The summed E-state index contributed by atoms with van der Waals surface area (Å²) in [5.74, 6) is -0.399. The molecule has 1 aromatic heterocycles. The molecule has 3 rings (SSSR count). The number of nitrogens with one attached hydrogen (secondary N) is 1. The summed E-state index contributed by atoms with van der Waals surface area (Å²) in [4.78, 5) is 26.5. The number of carbonyl (C=O) groups is 1. The number of rotatable bonds is 5. The summed E-state index contributed by atoms with van der Waals surface area (Å²) in [5, 5.41) is 13.5. The summed E-state index contributed by atoms with van der Waals surface area (Å²) >= 11 is 0.811. The van der Waals surface area contributed by atoms with E-state index in [1.54, 1.807) is 12.1 Å². The van der Waals surface area contributed by atoms with Crippen LogP contribution in [0.5, 0.6) is 0 Å². The van der Waals surface area contributed by atoms with Crippen LogP contribution < -0.4 is 5.32 Å². The van der Waals surface area contributed by atoms with Crippen molar-refractivity contribution in [3.05, 3.63) is 76.0 Å². The summed E-state index contributed by atoms with van der Waals surface area (Å²) in [6, 6.07) is 11.7. The molecule has 2 aromatic carbocycles. The minimum absolute atomic E-state index is 0.0363. The van der Waals surface area contributed by atoms with E-state index in [9.17, 15) is 23.3 Å². The minimum atomic E-state index is -3.90. The Balaban J connectivity index is 1.77. The molecular formula is C20H19N3O5S2. The second-order valence-corrected chi connectivity index (χ2v) is 10.7. The first-order valence-electron chi connectivity index (χ1n) is 8.86. The number of anilines is 1. The lowest BCUT2D eigenvalue weighted by molar-refractivity contribution is -0.384. The first kappa shape index (κ1) is 21.6. The number of nitro groups is 1. The molecule has 1 N–H and O–H groups in total. The largest absolute Gasteiger partial charge is 0.298 e. The SMILES string of the molecule is CC(C)(C)c1ccc(C(=O)Nc2ncc(S(=O)(=O)c3ccc([N+](=O)[O-])cc3)s2)cc1. The van der Waals surface area contributed by atoms with E-state index >= 15 is 0 Å². The molecular weight excluding hydrogens is 426 g/mol. The van der Waals surface area contributed by atoms with E-state index in [1.165, 1.54) is 12.1 Å². The second kappa shape index (κ2) is 7.96. The van der Waals surface area contributed by atoms with Crippen LogP contribution in [0.4, 0.5) is 10.8 Å². The van der Waals surface area contributed by atoms with Gasteiger partial charge in [-0.2, -0.15) is 0 Å². The normalized spacial score (nSPS) is 11.8. The third-order valence-corrected chi connectivity index (χ3v) is 7.48. The Morgan fingerprint density at radius 2 is 1.67 bits per heavy atom. The predicted molar refractivity (Wildman–Crippen MR) is 114 cm³/mol. The van der Waals surface area contributed by atoms with Gasteiger partial charge in [-0.25, -0.2) is 13.4 Å². The molecule has 1 heterocycles. The summed E-state index contributed by atoms with van der Waals surface area (Å²) in [5.41, 5.74) is 1.28. The Kier molecular flexibility index (Phi) is 5.73. The number of hydrogen-bond donors (Lipinski definition) is 1. The molecule has 0 aliphatic heterocycles. The fraction of sp³-hybridized carbons (Fsp3) is 0.200. The molecule has 0 radical (unpaired) electrons. The maximum Gasteiger partial charge on any atom is 0.269 e. The lowest BCUT2D eigenvalue weighted by atomic mass is 9.87. The number of thiazole rings is 1. The molecule has 8 nitrogen and oxygen atoms in total. The van der Waals surface area contributed by atoms with Crippen LogP contribution in [0.2, 0.25) is 0 Å². The lowest BCUT2D eigenvalue weighted by Gasteiger charge is -2.18. The van der Waals surface area contributed by atoms with Crippen LogP contribution in [0.15, 0.2) is 63.8 Å². The Labute approximate surface area is 177 Å². The smallest absolute Gasteiger partial charge is 0.269 e. The van der Waals surface area contributed by atoms with Crippen molar-refractivity contribution < 1.29 is 18.1 Å². The molecule has 0 atom stereocenters. The van der Waals surface area contributed by atoms with Gasteiger partial charge in [-0.05, 0) is 35.2 Å². The van der Waals surface area contributed by atoms with Gasteiger partial charge in [-0.15, -0.1) is 0 Å². The van der Waals surface area contributed by atoms with Gasteiger partial charge in [0.2, 0.25) is 9.84 Å². The van der Waals surface area contributed by atoms with Crippen molar-refractivity contribution in [3.8, 4) is 0 Å². The van der Waals surface area contributed by atoms with Crippen molar-refractivity contribution in [2.45, 2.75) is 35.3 Å². The highest BCUT2D eigenvalue weighted by molar-refractivity contribution is 7.93. The van der Waals surface area contributed by atoms with E-state index in [1.807, 2.05) is 12.1 Å². The number of amides is 1. The van der Waals surface area contributed by atoms with Crippen molar-refractivity contribution in [2.75, 3.05) is 5.32 Å². The molecule has 156 valence electrons. The summed E-state index contributed by atoms with van der Waals surface area (Å²) < 4.78 is 25.3. The molecule has 30 heavy (non-hydrogen) atoms. The third-order valence-electron chi connectivity index (χ3n) is 4.34. The van der Waals surface area contributed by atoms with E-state index in [2.05, 4.69) is 31.1 Å². The van der Waals surface area contributed by atoms with Crippen molar-refractivity contribution in [1.29, 1.82) is 0 Å². The van der Waals surface area contributed by atoms with E-state index in [4.69, 9.17) is 0 Å². The van der Waals surface area contributed by atoms with Crippen LogP contribution in [0.25, 0.3) is 0 Å². The fourth-order valence-electron chi connectivity index (χ4n) is 2.60. The first-order chi connectivity index (χ1) is 14.0. The first-order valence-corrected chi connectivity index (χ1v) is 11.2. The Morgan fingerprint density at radius 1 is 1.07 bits per heavy atom. The molecule has 0 spiro atoms. The number of nitro benzene ring substituents is 1. The number of non-ortho nitro benzene ring substituents is 1. The number of nitrogens with zero attached hydrogens (tertiary/aromatic N) is 2. The number of benzene rings is 2. The molecule has 1 amide bonds. The van der Waals surface area contributed by atoms with Gasteiger partial charge in [-0.1, -0.05) is 44.2 Å². The highest BCUT2D eigenvalue weighted by atomic mass is 32.2. The van der Waals surface area contributed by atoms with E-state index in [-0.39, 0.29) is 25.3 Å². The number of carbonyl (C=O) groups excluding carboxylic acids is 1. The monoisotopic (exact) mass is 445 g/mol. The van der Waals surface area contributed by atoms with Crippen molar-refractivity contribution in [2.24, 2.45) is 0 Å². The zero-order chi connectivity index (χ0) is 22.1. The molecule has 10 heteroatoms.